The maximum Gasteiger partial charge on any atom is 0.326 e. The summed E-state index contributed by atoms with van der Waals surface area (Å²) in [6.07, 6.45) is 0.176. The van der Waals surface area contributed by atoms with E-state index in [1.165, 1.54) is 6.92 Å². The highest BCUT2D eigenvalue weighted by atomic mass is 16.4. The van der Waals surface area contributed by atoms with E-state index in [1.807, 2.05) is 27.7 Å². The van der Waals surface area contributed by atoms with Gasteiger partial charge in [-0.05, 0) is 38.0 Å². The van der Waals surface area contributed by atoms with E-state index in [2.05, 4.69) is 16.0 Å². The first-order valence-corrected chi connectivity index (χ1v) is 10.4. The summed E-state index contributed by atoms with van der Waals surface area (Å²) < 4.78 is 0. The number of carbonyl (C=O) groups excluding carboxylic acids is 4. The molecule has 4 amide bonds. The smallest absolute Gasteiger partial charge is 0.326 e. The Bertz CT molecular complexity index is 650. The first-order valence-electron chi connectivity index (χ1n) is 10.4. The molecule has 0 spiro atoms. The molecule has 31 heavy (non-hydrogen) atoms. The van der Waals surface area contributed by atoms with E-state index in [0.717, 1.165) is 0 Å². The van der Waals surface area contributed by atoms with E-state index in [9.17, 15) is 29.1 Å². The van der Waals surface area contributed by atoms with Crippen molar-refractivity contribution in [3.8, 4) is 0 Å². The van der Waals surface area contributed by atoms with Crippen LogP contribution in [0.3, 0.4) is 0 Å². The third kappa shape index (κ3) is 11.9. The lowest BCUT2D eigenvalue weighted by Gasteiger charge is -2.26. The van der Waals surface area contributed by atoms with Crippen molar-refractivity contribution in [3.63, 3.8) is 0 Å². The minimum Gasteiger partial charge on any atom is -0.480 e. The molecule has 0 radical (unpaired) electrons. The zero-order valence-corrected chi connectivity index (χ0v) is 18.9. The van der Waals surface area contributed by atoms with Crippen molar-refractivity contribution in [3.05, 3.63) is 0 Å². The summed E-state index contributed by atoms with van der Waals surface area (Å²) >= 11 is 0. The number of amides is 4. The summed E-state index contributed by atoms with van der Waals surface area (Å²) in [7, 11) is 0. The molecule has 0 aromatic rings. The van der Waals surface area contributed by atoms with Crippen LogP contribution in [-0.4, -0.2) is 58.9 Å². The number of carboxylic acids is 1. The second-order valence-electron chi connectivity index (χ2n) is 8.57. The van der Waals surface area contributed by atoms with Gasteiger partial charge in [0, 0.05) is 6.42 Å². The van der Waals surface area contributed by atoms with Crippen LogP contribution in [0.15, 0.2) is 0 Å². The first kappa shape index (κ1) is 28.3. The number of hydrogen-bond donors (Lipinski definition) is 6. The summed E-state index contributed by atoms with van der Waals surface area (Å²) in [4.78, 5) is 60.2. The molecule has 0 aromatic heterocycles. The van der Waals surface area contributed by atoms with Crippen molar-refractivity contribution in [2.24, 2.45) is 23.3 Å². The molecule has 0 aliphatic carbocycles. The molecule has 0 rings (SSSR count). The Hall–Kier alpha value is -2.69. The Kier molecular flexibility index (Phi) is 12.4. The van der Waals surface area contributed by atoms with Gasteiger partial charge in [0.05, 0.1) is 6.04 Å². The molecule has 0 saturated heterocycles. The van der Waals surface area contributed by atoms with Crippen LogP contribution in [0.1, 0.15) is 60.3 Å². The van der Waals surface area contributed by atoms with Crippen LogP contribution in [0.2, 0.25) is 0 Å². The van der Waals surface area contributed by atoms with Crippen molar-refractivity contribution in [1.29, 1.82) is 0 Å². The Balaban J connectivity index is 5.50. The molecule has 0 bridgehead atoms. The number of aliphatic carboxylic acids is 1. The molecular weight excluding hydrogens is 406 g/mol. The van der Waals surface area contributed by atoms with E-state index < -0.39 is 53.8 Å². The highest BCUT2D eigenvalue weighted by Crippen LogP contribution is 2.09. The zero-order valence-electron chi connectivity index (χ0n) is 18.9. The van der Waals surface area contributed by atoms with Crippen LogP contribution < -0.4 is 27.4 Å². The molecule has 0 heterocycles. The van der Waals surface area contributed by atoms with Crippen LogP contribution >= 0.6 is 0 Å². The van der Waals surface area contributed by atoms with E-state index in [1.54, 1.807) is 0 Å². The molecule has 0 aliphatic heterocycles. The number of nitrogens with one attached hydrogen (secondary N) is 3. The molecule has 0 fully saturated rings. The Morgan fingerprint density at radius 2 is 1.16 bits per heavy atom. The summed E-state index contributed by atoms with van der Waals surface area (Å²) in [5.41, 5.74) is 10.7. The summed E-state index contributed by atoms with van der Waals surface area (Å²) in [6, 6.07) is -4.13. The number of hydrogen-bond acceptors (Lipinski definition) is 6. The second kappa shape index (κ2) is 13.6. The van der Waals surface area contributed by atoms with Crippen molar-refractivity contribution >= 4 is 29.6 Å². The largest absolute Gasteiger partial charge is 0.480 e. The highest BCUT2D eigenvalue weighted by Gasteiger charge is 2.30. The van der Waals surface area contributed by atoms with Crippen molar-refractivity contribution in [2.75, 3.05) is 0 Å². The summed E-state index contributed by atoms with van der Waals surface area (Å²) in [5.74, 6) is -3.74. The van der Waals surface area contributed by atoms with Gasteiger partial charge in [0.15, 0.2) is 0 Å². The average molecular weight is 444 g/mol. The number of primary amides is 1. The summed E-state index contributed by atoms with van der Waals surface area (Å²) in [5, 5.41) is 16.8. The lowest BCUT2D eigenvalue weighted by atomic mass is 10.0. The molecular formula is C20H37N5O6. The quantitative estimate of drug-likeness (QED) is 0.203. The van der Waals surface area contributed by atoms with Gasteiger partial charge in [0.1, 0.15) is 18.1 Å². The molecule has 178 valence electrons. The lowest BCUT2D eigenvalue weighted by molar-refractivity contribution is -0.143. The van der Waals surface area contributed by atoms with Gasteiger partial charge in [-0.3, -0.25) is 19.2 Å². The maximum absolute atomic E-state index is 12.8. The van der Waals surface area contributed by atoms with E-state index in [-0.39, 0.29) is 31.1 Å². The molecule has 0 aliphatic rings. The van der Waals surface area contributed by atoms with Gasteiger partial charge >= 0.3 is 5.97 Å². The van der Waals surface area contributed by atoms with Crippen molar-refractivity contribution in [1.82, 2.24) is 16.0 Å². The fourth-order valence-electron chi connectivity index (χ4n) is 2.80. The molecule has 11 heteroatoms. The SMILES string of the molecule is CC(C)CC(NC(=O)C(CCC(N)=O)NC(=O)C(CC(C)C)NC(=O)C(C)N)C(=O)O. The van der Waals surface area contributed by atoms with Gasteiger partial charge in [0.2, 0.25) is 23.6 Å². The zero-order chi connectivity index (χ0) is 24.3. The fraction of sp³-hybridized carbons (Fsp3) is 0.750. The van der Waals surface area contributed by atoms with Crippen LogP contribution in [0.5, 0.6) is 0 Å². The van der Waals surface area contributed by atoms with Gasteiger partial charge in [0.25, 0.3) is 0 Å². The Morgan fingerprint density at radius 3 is 1.58 bits per heavy atom. The predicted molar refractivity (Wildman–Crippen MR) is 114 cm³/mol. The predicted octanol–water partition coefficient (Wildman–Crippen LogP) is -0.770. The van der Waals surface area contributed by atoms with Gasteiger partial charge in [-0.1, -0.05) is 27.7 Å². The van der Waals surface area contributed by atoms with Crippen LogP contribution in [0.4, 0.5) is 0 Å². The van der Waals surface area contributed by atoms with Gasteiger partial charge in [-0.2, -0.15) is 0 Å². The van der Waals surface area contributed by atoms with E-state index in [4.69, 9.17) is 11.5 Å². The molecule has 8 N–H and O–H groups in total. The van der Waals surface area contributed by atoms with Gasteiger partial charge < -0.3 is 32.5 Å². The number of rotatable bonds is 14. The van der Waals surface area contributed by atoms with Gasteiger partial charge in [-0.15, -0.1) is 0 Å². The Labute approximate surface area is 183 Å². The second-order valence-corrected chi connectivity index (χ2v) is 8.57. The molecule has 11 nitrogen and oxygen atoms in total. The Morgan fingerprint density at radius 1 is 0.742 bits per heavy atom. The van der Waals surface area contributed by atoms with Crippen LogP contribution in [-0.2, 0) is 24.0 Å². The van der Waals surface area contributed by atoms with Crippen molar-refractivity contribution in [2.45, 2.75) is 84.5 Å². The first-order chi connectivity index (χ1) is 14.2. The number of carboxylic acid groups (broad SMARTS) is 1. The number of nitrogens with two attached hydrogens (primary N) is 2. The molecule has 4 atom stereocenters. The average Bonchev–Trinajstić information content (AvgIpc) is 2.62. The maximum atomic E-state index is 12.8. The highest BCUT2D eigenvalue weighted by molar-refractivity contribution is 5.94. The van der Waals surface area contributed by atoms with Crippen molar-refractivity contribution < 1.29 is 29.1 Å². The minimum atomic E-state index is -1.20. The topological polar surface area (TPSA) is 194 Å². The van der Waals surface area contributed by atoms with Gasteiger partial charge in [-0.25, -0.2) is 4.79 Å². The van der Waals surface area contributed by atoms with E-state index in [0.29, 0.717) is 6.42 Å². The van der Waals surface area contributed by atoms with E-state index >= 15 is 0 Å². The number of carbonyl (C=O) groups is 5. The lowest BCUT2D eigenvalue weighted by Crippen LogP contribution is -2.57. The summed E-state index contributed by atoms with van der Waals surface area (Å²) in [6.45, 7) is 8.82. The molecule has 0 saturated carbocycles. The minimum absolute atomic E-state index is 0.00366. The fourth-order valence-corrected chi connectivity index (χ4v) is 2.80. The monoisotopic (exact) mass is 443 g/mol. The third-order valence-electron chi connectivity index (χ3n) is 4.39. The normalized spacial score (nSPS) is 15.0. The standard InChI is InChI=1S/C20H37N5O6/c1-10(2)8-14(24-17(27)12(5)21)19(29)23-13(6-7-16(22)26)18(28)25-15(20(30)31)9-11(3)4/h10-15H,6-9,21H2,1-5H3,(H2,22,26)(H,23,29)(H,24,27)(H,25,28)(H,30,31). The molecule has 0 aromatic carbocycles. The van der Waals surface area contributed by atoms with Crippen LogP contribution in [0.25, 0.3) is 0 Å². The third-order valence-corrected chi connectivity index (χ3v) is 4.39. The van der Waals surface area contributed by atoms with Crippen LogP contribution in [0, 0.1) is 11.8 Å². The molecule has 4 unspecified atom stereocenters.